The van der Waals surface area contributed by atoms with Crippen molar-refractivity contribution in [3.63, 3.8) is 0 Å². The van der Waals surface area contributed by atoms with Crippen molar-refractivity contribution in [1.29, 1.82) is 0 Å². The maximum atomic E-state index is 13.2. The zero-order valence-electron chi connectivity index (χ0n) is 18.6. The Morgan fingerprint density at radius 2 is 1.83 bits per heavy atom. The van der Waals surface area contributed by atoms with Crippen molar-refractivity contribution in [2.24, 2.45) is 0 Å². The second-order valence-electron chi connectivity index (χ2n) is 8.23. The summed E-state index contributed by atoms with van der Waals surface area (Å²) < 4.78 is 5.42. The number of benzene rings is 2. The number of methoxy groups -OCH3 is 1. The van der Waals surface area contributed by atoms with Crippen molar-refractivity contribution in [2.45, 2.75) is 57.9 Å². The fraction of sp³-hybridized carbons (Fsp3) is 0.500. The molecule has 1 fully saturated rings. The molecule has 1 amide bonds. The molecule has 0 radical (unpaired) electrons. The highest BCUT2D eigenvalue weighted by molar-refractivity contribution is 5.94. The van der Waals surface area contributed by atoms with Gasteiger partial charge < -0.3 is 14.5 Å². The van der Waals surface area contributed by atoms with Crippen LogP contribution in [0.25, 0.3) is 0 Å². The molecule has 1 heterocycles. The van der Waals surface area contributed by atoms with E-state index < -0.39 is 0 Å². The number of piperidine rings is 1. The zero-order chi connectivity index (χ0) is 21.2. The Labute approximate surface area is 181 Å². The van der Waals surface area contributed by atoms with Gasteiger partial charge in [0.1, 0.15) is 5.75 Å². The van der Waals surface area contributed by atoms with E-state index in [-0.39, 0.29) is 11.9 Å². The molecule has 1 aliphatic rings. The van der Waals surface area contributed by atoms with Gasteiger partial charge in [-0.2, -0.15) is 0 Å². The maximum absolute atomic E-state index is 13.2. The van der Waals surface area contributed by atoms with E-state index in [1.165, 1.54) is 5.56 Å². The molecule has 0 aromatic heterocycles. The van der Waals surface area contributed by atoms with E-state index in [2.05, 4.69) is 47.1 Å². The lowest BCUT2D eigenvalue weighted by molar-refractivity contribution is -0.119. The smallest absolute Gasteiger partial charge is 0.227 e. The molecule has 1 aliphatic heterocycles. The summed E-state index contributed by atoms with van der Waals surface area (Å²) in [5.74, 6) is 1.05. The molecule has 0 bridgehead atoms. The maximum Gasteiger partial charge on any atom is 0.227 e. The minimum atomic E-state index is 0.249. The molecule has 4 nitrogen and oxygen atoms in total. The van der Waals surface area contributed by atoms with Crippen LogP contribution >= 0.6 is 0 Å². The van der Waals surface area contributed by atoms with Crippen molar-refractivity contribution in [2.75, 3.05) is 31.6 Å². The van der Waals surface area contributed by atoms with Crippen LogP contribution in [0, 0.1) is 0 Å². The van der Waals surface area contributed by atoms with Crippen molar-refractivity contribution in [3.8, 4) is 5.75 Å². The van der Waals surface area contributed by atoms with Gasteiger partial charge in [0.05, 0.1) is 7.11 Å². The van der Waals surface area contributed by atoms with Gasteiger partial charge in [0, 0.05) is 43.9 Å². The largest absolute Gasteiger partial charge is 0.497 e. The second-order valence-corrected chi connectivity index (χ2v) is 8.23. The molecule has 2 aromatic carbocycles. The van der Waals surface area contributed by atoms with Gasteiger partial charge >= 0.3 is 0 Å². The average Bonchev–Trinajstić information content (AvgIpc) is 2.80. The summed E-state index contributed by atoms with van der Waals surface area (Å²) >= 11 is 0. The summed E-state index contributed by atoms with van der Waals surface area (Å²) in [5, 5.41) is 0. The molecule has 0 N–H and O–H groups in total. The van der Waals surface area contributed by atoms with Gasteiger partial charge in [0.25, 0.3) is 0 Å². The third-order valence-electron chi connectivity index (χ3n) is 6.08. The SMILES string of the molecule is CCCCCC(=O)N(c1cccc(OC)c1)C1CCN(CCc2ccccc2)CC1. The Balaban J connectivity index is 1.62. The number of amides is 1. The lowest BCUT2D eigenvalue weighted by Crippen LogP contribution is -2.48. The Bertz CT molecular complexity index is 770. The minimum absolute atomic E-state index is 0.249. The van der Waals surface area contributed by atoms with Gasteiger partial charge in [-0.3, -0.25) is 4.79 Å². The molecule has 0 unspecified atom stereocenters. The Morgan fingerprint density at radius 1 is 1.07 bits per heavy atom. The Hall–Kier alpha value is -2.33. The van der Waals surface area contributed by atoms with Gasteiger partial charge in [-0.05, 0) is 43.4 Å². The number of unbranched alkanes of at least 4 members (excludes halogenated alkanes) is 2. The zero-order valence-corrected chi connectivity index (χ0v) is 18.6. The normalized spacial score (nSPS) is 15.1. The average molecular weight is 409 g/mol. The van der Waals surface area contributed by atoms with Crippen LogP contribution in [0.4, 0.5) is 5.69 Å². The number of carbonyl (C=O) groups excluding carboxylic acids is 1. The van der Waals surface area contributed by atoms with Crippen molar-refractivity contribution in [3.05, 3.63) is 60.2 Å². The number of likely N-dealkylation sites (tertiary alicyclic amines) is 1. The molecule has 4 heteroatoms. The standard InChI is InChI=1S/C26H36N2O2/c1-3-4-6-14-26(29)28(24-12-9-13-25(21-24)30-2)23-16-19-27(20-17-23)18-15-22-10-7-5-8-11-22/h5,7-13,21,23H,3-4,6,14-20H2,1-2H3. The topological polar surface area (TPSA) is 32.8 Å². The predicted molar refractivity (Wildman–Crippen MR) is 124 cm³/mol. The first-order valence-corrected chi connectivity index (χ1v) is 11.4. The van der Waals surface area contributed by atoms with Crippen LogP contribution in [0.1, 0.15) is 51.0 Å². The molecule has 0 spiro atoms. The number of anilines is 1. The molecule has 2 aromatic rings. The van der Waals surface area contributed by atoms with Crippen LogP contribution in [0.5, 0.6) is 5.75 Å². The number of ether oxygens (including phenoxy) is 1. The summed E-state index contributed by atoms with van der Waals surface area (Å²) in [6.45, 7) is 5.34. The van der Waals surface area contributed by atoms with E-state index in [9.17, 15) is 4.79 Å². The highest BCUT2D eigenvalue weighted by atomic mass is 16.5. The summed E-state index contributed by atoms with van der Waals surface area (Å²) in [4.78, 5) is 17.8. The molecule has 0 aliphatic carbocycles. The van der Waals surface area contributed by atoms with Crippen LogP contribution in [0.15, 0.2) is 54.6 Å². The molecule has 0 atom stereocenters. The monoisotopic (exact) mass is 408 g/mol. The summed E-state index contributed by atoms with van der Waals surface area (Å²) in [6.07, 6.45) is 6.95. The quantitative estimate of drug-likeness (QED) is 0.499. The number of hydrogen-bond donors (Lipinski definition) is 0. The third kappa shape index (κ3) is 6.33. The van der Waals surface area contributed by atoms with E-state index in [4.69, 9.17) is 4.74 Å². The van der Waals surface area contributed by atoms with Gasteiger partial charge in [0.2, 0.25) is 5.91 Å². The first kappa shape index (κ1) is 22.4. The van der Waals surface area contributed by atoms with Gasteiger partial charge in [-0.15, -0.1) is 0 Å². The van der Waals surface area contributed by atoms with Crippen molar-refractivity contribution < 1.29 is 9.53 Å². The van der Waals surface area contributed by atoms with E-state index in [1.54, 1.807) is 7.11 Å². The van der Waals surface area contributed by atoms with Crippen LogP contribution in [-0.2, 0) is 11.2 Å². The number of nitrogens with zero attached hydrogens (tertiary/aromatic N) is 2. The first-order valence-electron chi connectivity index (χ1n) is 11.4. The highest BCUT2D eigenvalue weighted by Crippen LogP contribution is 2.28. The molecule has 3 rings (SSSR count). The van der Waals surface area contributed by atoms with Gasteiger partial charge in [-0.25, -0.2) is 0 Å². The van der Waals surface area contributed by atoms with Crippen LogP contribution in [0.3, 0.4) is 0 Å². The fourth-order valence-electron chi connectivity index (χ4n) is 4.30. The van der Waals surface area contributed by atoms with Gasteiger partial charge in [-0.1, -0.05) is 56.2 Å². The van der Waals surface area contributed by atoms with Crippen LogP contribution in [0.2, 0.25) is 0 Å². The minimum Gasteiger partial charge on any atom is -0.497 e. The number of hydrogen-bond acceptors (Lipinski definition) is 3. The van der Waals surface area contributed by atoms with Gasteiger partial charge in [0.15, 0.2) is 0 Å². The molecule has 30 heavy (non-hydrogen) atoms. The second kappa shape index (κ2) is 11.8. The predicted octanol–water partition coefficient (Wildman–Crippen LogP) is 5.32. The number of carbonyl (C=O) groups is 1. The van der Waals surface area contributed by atoms with E-state index in [0.29, 0.717) is 6.42 Å². The van der Waals surface area contributed by atoms with E-state index in [1.807, 2.05) is 24.3 Å². The molecule has 1 saturated heterocycles. The fourth-order valence-corrected chi connectivity index (χ4v) is 4.30. The van der Waals surface area contributed by atoms with Crippen LogP contribution in [-0.4, -0.2) is 43.6 Å². The van der Waals surface area contributed by atoms with Crippen molar-refractivity contribution in [1.82, 2.24) is 4.90 Å². The van der Waals surface area contributed by atoms with Crippen molar-refractivity contribution >= 4 is 11.6 Å². The van der Waals surface area contributed by atoms with E-state index >= 15 is 0 Å². The Morgan fingerprint density at radius 3 is 2.53 bits per heavy atom. The number of rotatable bonds is 10. The highest BCUT2D eigenvalue weighted by Gasteiger charge is 2.29. The molecular weight excluding hydrogens is 372 g/mol. The lowest BCUT2D eigenvalue weighted by Gasteiger charge is -2.39. The lowest BCUT2D eigenvalue weighted by atomic mass is 10.0. The third-order valence-corrected chi connectivity index (χ3v) is 6.08. The summed E-state index contributed by atoms with van der Waals surface area (Å²) in [6, 6.07) is 18.9. The first-order chi connectivity index (χ1) is 14.7. The Kier molecular flexibility index (Phi) is 8.76. The summed E-state index contributed by atoms with van der Waals surface area (Å²) in [5.41, 5.74) is 2.36. The summed E-state index contributed by atoms with van der Waals surface area (Å²) in [7, 11) is 1.68. The van der Waals surface area contributed by atoms with Crippen LogP contribution < -0.4 is 9.64 Å². The molecule has 162 valence electrons. The molecule has 0 saturated carbocycles. The van der Waals surface area contributed by atoms with E-state index in [0.717, 1.165) is 69.6 Å². The molecular formula is C26H36N2O2.